The van der Waals surface area contributed by atoms with E-state index in [9.17, 15) is 13.5 Å². The number of hydrogen-bond donors (Lipinski definition) is 1. The summed E-state index contributed by atoms with van der Waals surface area (Å²) in [5, 5.41) is 11.2. The third-order valence-electron chi connectivity index (χ3n) is 9.36. The Labute approximate surface area is 175 Å². The van der Waals surface area contributed by atoms with Gasteiger partial charge in [0.05, 0.1) is 11.4 Å². The third-order valence-corrected chi connectivity index (χ3v) is 11.4. The van der Waals surface area contributed by atoms with E-state index in [0.717, 1.165) is 32.1 Å². The van der Waals surface area contributed by atoms with E-state index in [4.69, 9.17) is 0 Å². The van der Waals surface area contributed by atoms with Gasteiger partial charge >= 0.3 is 0 Å². The molecule has 1 saturated heterocycles. The molecule has 1 aliphatic heterocycles. The first-order chi connectivity index (χ1) is 13.5. The monoisotopic (exact) mass is 415 g/mol. The number of nitrogens with zero attached hydrogens (tertiary/aromatic N) is 1. The lowest BCUT2D eigenvalue weighted by molar-refractivity contribution is -0.0727. The number of sulfonamides is 1. The van der Waals surface area contributed by atoms with E-state index in [0.29, 0.717) is 19.0 Å². The van der Waals surface area contributed by atoms with Crippen molar-refractivity contribution in [3.8, 4) is 0 Å². The van der Waals surface area contributed by atoms with Crippen molar-refractivity contribution in [3.63, 3.8) is 0 Å². The minimum atomic E-state index is -3.43. The highest BCUT2D eigenvalue weighted by Crippen LogP contribution is 2.70. The topological polar surface area (TPSA) is 57.6 Å². The van der Waals surface area contributed by atoms with Gasteiger partial charge in [-0.25, -0.2) is 12.7 Å². The summed E-state index contributed by atoms with van der Waals surface area (Å²) in [6.07, 6.45) is 8.70. The molecule has 0 radical (unpaired) electrons. The second kappa shape index (κ2) is 5.95. The van der Waals surface area contributed by atoms with Gasteiger partial charge in [0.15, 0.2) is 0 Å². The fraction of sp³-hybridized carbons (Fsp3) is 0.667. The predicted molar refractivity (Wildman–Crippen MR) is 116 cm³/mol. The van der Waals surface area contributed by atoms with Crippen molar-refractivity contribution in [2.75, 3.05) is 18.8 Å². The van der Waals surface area contributed by atoms with Crippen molar-refractivity contribution in [3.05, 3.63) is 41.5 Å². The zero-order chi connectivity index (χ0) is 20.7. The molecule has 1 spiro atoms. The Morgan fingerprint density at radius 3 is 2.41 bits per heavy atom. The Kier molecular flexibility index (Phi) is 4.06. The van der Waals surface area contributed by atoms with Gasteiger partial charge in [-0.15, -0.1) is 0 Å². The van der Waals surface area contributed by atoms with Crippen LogP contribution < -0.4 is 0 Å². The average molecular weight is 416 g/mol. The Morgan fingerprint density at radius 1 is 1.10 bits per heavy atom. The fourth-order valence-electron chi connectivity index (χ4n) is 7.34. The number of piperidine rings is 1. The van der Waals surface area contributed by atoms with Crippen LogP contribution in [0.5, 0.6) is 0 Å². The molecular weight excluding hydrogens is 382 g/mol. The smallest absolute Gasteiger partial charge is 0.214 e. The normalized spacial score (nSPS) is 37.3. The van der Waals surface area contributed by atoms with Crippen molar-refractivity contribution < 1.29 is 13.5 Å². The van der Waals surface area contributed by atoms with Gasteiger partial charge in [0.1, 0.15) is 0 Å². The molecule has 1 heterocycles. The molecule has 4 nitrogen and oxygen atoms in total. The predicted octanol–water partition coefficient (Wildman–Crippen LogP) is 3.95. The molecule has 3 atom stereocenters. The maximum atomic E-state index is 13.5. The molecule has 5 rings (SSSR count). The van der Waals surface area contributed by atoms with E-state index in [1.54, 1.807) is 4.31 Å². The van der Waals surface area contributed by atoms with E-state index in [1.807, 2.05) is 6.92 Å². The molecule has 2 saturated carbocycles. The molecule has 3 aliphatic carbocycles. The summed E-state index contributed by atoms with van der Waals surface area (Å²) in [6, 6.07) is 8.47. The molecule has 1 unspecified atom stereocenters. The summed E-state index contributed by atoms with van der Waals surface area (Å²) in [5.41, 5.74) is 0.998. The SMILES string of the molecule is CC1(C)C2CC[C@@]1(CS(=O)(=O)N1CCC3(C=Cc4ccccc43)CC1)[C@](C)(O)C2. The molecule has 158 valence electrons. The molecule has 5 heteroatoms. The molecule has 1 aromatic rings. The summed E-state index contributed by atoms with van der Waals surface area (Å²) < 4.78 is 28.8. The largest absolute Gasteiger partial charge is 0.390 e. The van der Waals surface area contributed by atoms with Crippen LogP contribution in [0.4, 0.5) is 0 Å². The van der Waals surface area contributed by atoms with Crippen LogP contribution in [0.1, 0.15) is 64.0 Å². The molecule has 0 amide bonds. The van der Waals surface area contributed by atoms with Gasteiger partial charge < -0.3 is 5.11 Å². The lowest BCUT2D eigenvalue weighted by atomic mass is 9.65. The van der Waals surface area contributed by atoms with Crippen LogP contribution in [-0.4, -0.2) is 42.3 Å². The van der Waals surface area contributed by atoms with Gasteiger partial charge in [-0.2, -0.15) is 0 Å². The summed E-state index contributed by atoms with van der Waals surface area (Å²) in [4.78, 5) is 0. The maximum Gasteiger partial charge on any atom is 0.214 e. The highest BCUT2D eigenvalue weighted by molar-refractivity contribution is 7.89. The molecule has 1 N–H and O–H groups in total. The van der Waals surface area contributed by atoms with E-state index < -0.39 is 21.0 Å². The maximum absolute atomic E-state index is 13.5. The zero-order valence-corrected chi connectivity index (χ0v) is 18.6. The standard InChI is InChI=1S/C24H33NO3S/c1-21(2)19-9-11-24(21,22(3,26)16-19)17-29(27,28)25-14-12-23(13-15-25)10-8-18-6-4-5-7-20(18)23/h4-8,10,19,26H,9,11-17H2,1-3H3/t19?,22-,24+/m1/s1. The second-order valence-electron chi connectivity index (χ2n) is 10.7. The van der Waals surface area contributed by atoms with Gasteiger partial charge in [0.2, 0.25) is 10.0 Å². The zero-order valence-electron chi connectivity index (χ0n) is 17.8. The first kappa shape index (κ1) is 19.8. The van der Waals surface area contributed by atoms with Crippen LogP contribution in [0.25, 0.3) is 6.08 Å². The van der Waals surface area contributed by atoms with Crippen molar-refractivity contribution in [1.82, 2.24) is 4.31 Å². The van der Waals surface area contributed by atoms with Gasteiger partial charge in [-0.1, -0.05) is 50.3 Å². The van der Waals surface area contributed by atoms with Gasteiger partial charge in [0.25, 0.3) is 0 Å². The Bertz CT molecular complexity index is 970. The number of allylic oxidation sites excluding steroid dienone is 1. The molecule has 2 bridgehead atoms. The number of aliphatic hydroxyl groups is 1. The van der Waals surface area contributed by atoms with E-state index in [2.05, 4.69) is 50.3 Å². The average Bonchev–Trinajstić information content (AvgIpc) is 3.17. The van der Waals surface area contributed by atoms with Gasteiger partial charge in [0, 0.05) is 23.9 Å². The van der Waals surface area contributed by atoms with Crippen LogP contribution in [-0.2, 0) is 15.4 Å². The quantitative estimate of drug-likeness (QED) is 0.813. The van der Waals surface area contributed by atoms with Crippen molar-refractivity contribution >= 4 is 16.1 Å². The lowest BCUT2D eigenvalue weighted by Gasteiger charge is -2.47. The van der Waals surface area contributed by atoms with Gasteiger partial charge in [-0.3, -0.25) is 0 Å². The number of benzene rings is 1. The molecular formula is C24H33NO3S. The first-order valence-corrected chi connectivity index (χ1v) is 12.6. The van der Waals surface area contributed by atoms with Crippen molar-refractivity contribution in [1.29, 1.82) is 0 Å². The fourth-order valence-corrected chi connectivity index (χ4v) is 9.71. The summed E-state index contributed by atoms with van der Waals surface area (Å²) in [7, 11) is -3.43. The highest BCUT2D eigenvalue weighted by atomic mass is 32.2. The van der Waals surface area contributed by atoms with Crippen molar-refractivity contribution in [2.24, 2.45) is 16.7 Å². The minimum Gasteiger partial charge on any atom is -0.390 e. The van der Waals surface area contributed by atoms with E-state index >= 15 is 0 Å². The molecule has 1 aromatic carbocycles. The number of fused-ring (bicyclic) bond motifs is 4. The van der Waals surface area contributed by atoms with Crippen molar-refractivity contribution in [2.45, 2.75) is 63.9 Å². The Morgan fingerprint density at radius 2 is 1.79 bits per heavy atom. The Balaban J connectivity index is 1.37. The molecule has 29 heavy (non-hydrogen) atoms. The van der Waals surface area contributed by atoms with Crippen LogP contribution >= 0.6 is 0 Å². The Hall–Kier alpha value is -1.17. The molecule has 0 aromatic heterocycles. The van der Waals surface area contributed by atoms with Crippen LogP contribution in [0.2, 0.25) is 0 Å². The van der Waals surface area contributed by atoms with E-state index in [-0.39, 0.29) is 16.6 Å². The second-order valence-corrected chi connectivity index (χ2v) is 12.7. The number of rotatable bonds is 3. The summed E-state index contributed by atoms with van der Waals surface area (Å²) in [6.45, 7) is 7.33. The molecule has 3 fully saturated rings. The van der Waals surface area contributed by atoms with Crippen LogP contribution in [0.15, 0.2) is 30.3 Å². The molecule has 4 aliphatic rings. The summed E-state index contributed by atoms with van der Waals surface area (Å²) in [5.74, 6) is 0.494. The van der Waals surface area contributed by atoms with Crippen LogP contribution in [0, 0.1) is 16.7 Å². The third kappa shape index (κ3) is 2.53. The minimum absolute atomic E-state index is 0.0164. The van der Waals surface area contributed by atoms with E-state index in [1.165, 1.54) is 11.1 Å². The van der Waals surface area contributed by atoms with Gasteiger partial charge in [-0.05, 0) is 61.5 Å². The van der Waals surface area contributed by atoms with Crippen LogP contribution in [0.3, 0.4) is 0 Å². The lowest BCUT2D eigenvalue weighted by Crippen LogP contribution is -2.55. The first-order valence-electron chi connectivity index (χ1n) is 11.0. The summed E-state index contributed by atoms with van der Waals surface area (Å²) >= 11 is 0. The highest BCUT2D eigenvalue weighted by Gasteiger charge is 2.70. The number of hydrogen-bond acceptors (Lipinski definition) is 3.